The summed E-state index contributed by atoms with van der Waals surface area (Å²) in [5.41, 5.74) is 14.5. The predicted octanol–water partition coefficient (Wildman–Crippen LogP) is 20.9. The number of benzene rings is 14. The number of hydrogen-bond acceptors (Lipinski definition) is 0. The summed E-state index contributed by atoms with van der Waals surface area (Å²) in [5.74, 6) is 0. The van der Waals surface area contributed by atoms with Crippen LogP contribution >= 0.6 is 0 Å². The molecule has 0 aliphatic rings. The smallest absolute Gasteiger partial charge is 0.000717 e. The summed E-state index contributed by atoms with van der Waals surface area (Å²) in [7, 11) is 0. The van der Waals surface area contributed by atoms with Crippen LogP contribution in [-0.4, -0.2) is 0 Å². The van der Waals surface area contributed by atoms with Gasteiger partial charge in [0.1, 0.15) is 0 Å². The van der Waals surface area contributed by atoms with Gasteiger partial charge in [0, 0.05) is 0 Å². The summed E-state index contributed by atoms with van der Waals surface area (Å²) >= 11 is 0. The van der Waals surface area contributed by atoms with Crippen LogP contribution in [0.25, 0.3) is 164 Å². The molecule has 0 unspecified atom stereocenters. The Hall–Kier alpha value is -9.62. The molecular formula is C74H44. The van der Waals surface area contributed by atoms with Gasteiger partial charge in [-0.1, -0.05) is 218 Å². The van der Waals surface area contributed by atoms with Gasteiger partial charge in [0.15, 0.2) is 0 Å². The molecule has 0 saturated heterocycles. The molecule has 0 atom stereocenters. The third-order valence-electron chi connectivity index (χ3n) is 16.2. The van der Waals surface area contributed by atoms with E-state index in [0.29, 0.717) is 0 Å². The van der Waals surface area contributed by atoms with Crippen molar-refractivity contribution in [1.29, 1.82) is 0 Å². The minimum Gasteiger partial charge on any atom is -0.0622 e. The zero-order valence-electron chi connectivity index (χ0n) is 40.4. The molecule has 16 aromatic carbocycles. The van der Waals surface area contributed by atoms with Crippen LogP contribution in [0.1, 0.15) is 0 Å². The van der Waals surface area contributed by atoms with Crippen molar-refractivity contribution in [1.82, 2.24) is 0 Å². The molecule has 0 fully saturated rings. The molecule has 0 N–H and O–H groups in total. The third-order valence-corrected chi connectivity index (χ3v) is 16.2. The van der Waals surface area contributed by atoms with Crippen LogP contribution < -0.4 is 0 Å². The second-order valence-electron chi connectivity index (χ2n) is 20.2. The van der Waals surface area contributed by atoms with E-state index in [1.54, 1.807) is 0 Å². The Morgan fingerprint density at radius 1 is 0.135 bits per heavy atom. The van der Waals surface area contributed by atoms with Gasteiger partial charge in [0.05, 0.1) is 0 Å². The SMILES string of the molecule is c1ccc(-c2cc(-c3ccccc3)cc(-c3c4cc5c6ccccc6c6cccc(c4c(-c4cc(-c7ccccc7)cc(-c7ccccc7)c4)c4c7cccc8c9c(ccc%10ccccc%109)cc(c34)c78)c65)c2)cc1. The molecule has 0 aliphatic heterocycles. The van der Waals surface area contributed by atoms with Gasteiger partial charge >= 0.3 is 0 Å². The molecule has 0 aromatic heterocycles. The highest BCUT2D eigenvalue weighted by molar-refractivity contribution is 6.46. The maximum Gasteiger partial charge on any atom is -0.000717 e. The molecule has 0 heterocycles. The van der Waals surface area contributed by atoms with Crippen molar-refractivity contribution in [2.24, 2.45) is 0 Å². The molecule has 16 rings (SSSR count). The zero-order valence-corrected chi connectivity index (χ0v) is 40.4. The first kappa shape index (κ1) is 41.0. The lowest BCUT2D eigenvalue weighted by molar-refractivity contribution is 1.58. The van der Waals surface area contributed by atoms with Crippen molar-refractivity contribution in [2.45, 2.75) is 0 Å². The van der Waals surface area contributed by atoms with E-state index >= 15 is 0 Å². The van der Waals surface area contributed by atoms with Gasteiger partial charge in [-0.05, 0) is 212 Å². The van der Waals surface area contributed by atoms with E-state index in [0.717, 1.165) is 0 Å². The van der Waals surface area contributed by atoms with Crippen LogP contribution in [0.3, 0.4) is 0 Å². The molecule has 0 bridgehead atoms. The standard InChI is InChI=1S/C74H44/c1-5-19-45(20-6-1)51-37-52(46-21-7-2-8-22-46)40-55(39-51)68-66-44-64-59-30-16-15-29-58(59)60-31-17-33-62(70(60)64)72(66)69(56-41-53(47-23-9-3-10-24-47)38-54(42-56)48-25-11-4-12-26-48)73-63-34-18-32-61-67-50(43-65(71(61)63)74(68)73)36-35-49-27-13-14-28-57(49)67/h1-44H. The van der Waals surface area contributed by atoms with Gasteiger partial charge in [-0.2, -0.15) is 0 Å². The third kappa shape index (κ3) is 6.03. The van der Waals surface area contributed by atoms with E-state index in [-0.39, 0.29) is 0 Å². The van der Waals surface area contributed by atoms with Crippen molar-refractivity contribution in [3.63, 3.8) is 0 Å². The number of hydrogen-bond donors (Lipinski definition) is 0. The van der Waals surface area contributed by atoms with E-state index < -0.39 is 0 Å². The largest absolute Gasteiger partial charge is 0.0622 e. The molecule has 0 saturated carbocycles. The van der Waals surface area contributed by atoms with Crippen molar-refractivity contribution >= 4 is 97.0 Å². The Labute approximate surface area is 428 Å². The van der Waals surface area contributed by atoms with E-state index in [9.17, 15) is 0 Å². The molecule has 0 amide bonds. The van der Waals surface area contributed by atoms with Gasteiger partial charge < -0.3 is 0 Å². The molecule has 16 aromatic rings. The van der Waals surface area contributed by atoms with Gasteiger partial charge in [-0.15, -0.1) is 0 Å². The summed E-state index contributed by atoms with van der Waals surface area (Å²) in [4.78, 5) is 0. The van der Waals surface area contributed by atoms with Crippen LogP contribution in [0.5, 0.6) is 0 Å². The van der Waals surface area contributed by atoms with Crippen molar-refractivity contribution in [3.8, 4) is 66.8 Å². The topological polar surface area (TPSA) is 0 Å². The molecule has 0 radical (unpaired) electrons. The molecule has 74 heavy (non-hydrogen) atoms. The fourth-order valence-electron chi connectivity index (χ4n) is 13.1. The van der Waals surface area contributed by atoms with E-state index in [2.05, 4.69) is 267 Å². The second kappa shape index (κ2) is 15.9. The molecule has 0 heteroatoms. The summed E-state index contributed by atoms with van der Waals surface area (Å²) in [5, 5.41) is 23.2. The minimum atomic E-state index is 1.19. The summed E-state index contributed by atoms with van der Waals surface area (Å²) in [6.45, 7) is 0. The highest BCUT2D eigenvalue weighted by Gasteiger charge is 2.28. The Bertz CT molecular complexity index is 4780. The number of fused-ring (bicyclic) bond motifs is 12. The number of rotatable bonds is 6. The van der Waals surface area contributed by atoms with E-state index in [1.165, 1.54) is 164 Å². The summed E-state index contributed by atoms with van der Waals surface area (Å²) in [6, 6.07) is 100. The Morgan fingerprint density at radius 2 is 0.514 bits per heavy atom. The molecule has 0 spiro atoms. The van der Waals surface area contributed by atoms with E-state index in [4.69, 9.17) is 0 Å². The van der Waals surface area contributed by atoms with Crippen LogP contribution in [0.4, 0.5) is 0 Å². The van der Waals surface area contributed by atoms with Gasteiger partial charge in [0.2, 0.25) is 0 Å². The highest BCUT2D eigenvalue weighted by atomic mass is 14.3. The normalized spacial score (nSPS) is 12.1. The lowest BCUT2D eigenvalue weighted by Gasteiger charge is -2.21. The second-order valence-corrected chi connectivity index (χ2v) is 20.2. The first-order chi connectivity index (χ1) is 36.7. The summed E-state index contributed by atoms with van der Waals surface area (Å²) in [6.07, 6.45) is 0. The first-order valence-corrected chi connectivity index (χ1v) is 25.8. The lowest BCUT2D eigenvalue weighted by Crippen LogP contribution is -1.94. The first-order valence-electron chi connectivity index (χ1n) is 25.8. The highest BCUT2D eigenvalue weighted by Crippen LogP contribution is 2.56. The van der Waals surface area contributed by atoms with Crippen molar-refractivity contribution < 1.29 is 0 Å². The molecule has 0 nitrogen and oxygen atoms in total. The Kier molecular flexibility index (Phi) is 8.84. The van der Waals surface area contributed by atoms with Crippen LogP contribution in [0.15, 0.2) is 267 Å². The van der Waals surface area contributed by atoms with Gasteiger partial charge in [-0.25, -0.2) is 0 Å². The van der Waals surface area contributed by atoms with Gasteiger partial charge in [0.25, 0.3) is 0 Å². The lowest BCUT2D eigenvalue weighted by atomic mass is 9.81. The molecule has 340 valence electrons. The maximum atomic E-state index is 2.58. The Balaban J connectivity index is 1.19. The monoisotopic (exact) mass is 932 g/mol. The summed E-state index contributed by atoms with van der Waals surface area (Å²) < 4.78 is 0. The minimum absolute atomic E-state index is 1.19. The predicted molar refractivity (Wildman–Crippen MR) is 319 cm³/mol. The van der Waals surface area contributed by atoms with Crippen LogP contribution in [-0.2, 0) is 0 Å². The quantitative estimate of drug-likeness (QED) is 0.146. The fraction of sp³-hybridized carbons (Fsp3) is 0. The maximum absolute atomic E-state index is 2.58. The van der Waals surface area contributed by atoms with Crippen LogP contribution in [0, 0.1) is 0 Å². The van der Waals surface area contributed by atoms with Gasteiger partial charge in [-0.3, -0.25) is 0 Å². The van der Waals surface area contributed by atoms with Crippen molar-refractivity contribution in [3.05, 3.63) is 267 Å². The zero-order chi connectivity index (χ0) is 48.4. The van der Waals surface area contributed by atoms with E-state index in [1.807, 2.05) is 0 Å². The molecule has 0 aliphatic carbocycles. The van der Waals surface area contributed by atoms with Crippen molar-refractivity contribution in [2.75, 3.05) is 0 Å². The molecular weight excluding hydrogens is 889 g/mol. The fourth-order valence-corrected chi connectivity index (χ4v) is 13.1. The Morgan fingerprint density at radius 3 is 1.07 bits per heavy atom. The average Bonchev–Trinajstić information content (AvgIpc) is 3.99. The van der Waals surface area contributed by atoms with Crippen LogP contribution in [0.2, 0.25) is 0 Å². The average molecular weight is 933 g/mol.